The van der Waals surface area contributed by atoms with Crippen molar-refractivity contribution in [2.24, 2.45) is 0 Å². The Morgan fingerprint density at radius 3 is 2.80 bits per heavy atom. The molecule has 2 rings (SSSR count). The normalized spacial score (nSPS) is 10.8. The molecule has 20 heavy (non-hydrogen) atoms. The molecule has 0 spiro atoms. The lowest BCUT2D eigenvalue weighted by Crippen LogP contribution is -2.24. The number of aromatic nitrogens is 3. The predicted molar refractivity (Wildman–Crippen MR) is 77.0 cm³/mol. The van der Waals surface area contributed by atoms with Crippen LogP contribution in [0.2, 0.25) is 0 Å². The maximum absolute atomic E-state index is 11.9. The molecule has 1 amide bonds. The second kappa shape index (κ2) is 5.96. The quantitative estimate of drug-likeness (QED) is 0.895. The molecule has 7 heteroatoms. The van der Waals surface area contributed by atoms with E-state index >= 15 is 0 Å². The number of aromatic amines is 1. The summed E-state index contributed by atoms with van der Waals surface area (Å²) in [4.78, 5) is 34.2. The zero-order valence-corrected chi connectivity index (χ0v) is 12.4. The third-order valence-electron chi connectivity index (χ3n) is 2.65. The van der Waals surface area contributed by atoms with Crippen LogP contribution < -0.4 is 10.9 Å². The summed E-state index contributed by atoms with van der Waals surface area (Å²) in [5, 5.41) is 5.03. The van der Waals surface area contributed by atoms with Crippen LogP contribution in [-0.2, 0) is 6.54 Å². The van der Waals surface area contributed by atoms with Crippen LogP contribution in [0, 0.1) is 6.92 Å². The number of nitrogens with one attached hydrogen (secondary N) is 2. The van der Waals surface area contributed by atoms with Gasteiger partial charge in [-0.1, -0.05) is 13.8 Å². The minimum Gasteiger partial charge on any atom is -0.344 e. The number of hydrogen-bond acceptors (Lipinski definition) is 5. The molecular weight excluding hydrogens is 276 g/mol. The summed E-state index contributed by atoms with van der Waals surface area (Å²) < 4.78 is 0. The topological polar surface area (TPSA) is 87.7 Å². The molecular formula is C13H16N4O2S. The average molecular weight is 292 g/mol. The molecule has 2 heterocycles. The van der Waals surface area contributed by atoms with Crippen LogP contribution in [0.5, 0.6) is 0 Å². The standard InChI is InChI=1S/C13H16N4O2S/c1-7(2)10-6-20-13(17-10)12(19)14-5-9-4-11(18)16-8(3)15-9/h4,6-7H,5H2,1-3H3,(H,14,19)(H,15,16,18). The highest BCUT2D eigenvalue weighted by atomic mass is 32.1. The van der Waals surface area contributed by atoms with Crippen LogP contribution in [0.25, 0.3) is 0 Å². The maximum Gasteiger partial charge on any atom is 0.280 e. The number of nitrogens with zero attached hydrogens (tertiary/aromatic N) is 2. The number of thiazole rings is 1. The predicted octanol–water partition coefficient (Wildman–Crippen LogP) is 1.59. The van der Waals surface area contributed by atoms with Gasteiger partial charge in [-0.05, 0) is 12.8 Å². The van der Waals surface area contributed by atoms with Crippen molar-refractivity contribution in [1.82, 2.24) is 20.3 Å². The van der Waals surface area contributed by atoms with Crippen molar-refractivity contribution >= 4 is 17.2 Å². The molecule has 0 aliphatic carbocycles. The van der Waals surface area contributed by atoms with Gasteiger partial charge >= 0.3 is 0 Å². The lowest BCUT2D eigenvalue weighted by Gasteiger charge is -2.03. The summed E-state index contributed by atoms with van der Waals surface area (Å²) >= 11 is 1.32. The SMILES string of the molecule is Cc1nc(CNC(=O)c2nc(C(C)C)cs2)cc(=O)[nH]1. The number of H-pyrrole nitrogens is 1. The molecule has 0 saturated heterocycles. The van der Waals surface area contributed by atoms with E-state index in [9.17, 15) is 9.59 Å². The van der Waals surface area contributed by atoms with Gasteiger partial charge in [0, 0.05) is 11.4 Å². The number of rotatable bonds is 4. The summed E-state index contributed by atoms with van der Waals surface area (Å²) in [5.41, 5.74) is 1.21. The first kappa shape index (κ1) is 14.4. The summed E-state index contributed by atoms with van der Waals surface area (Å²) in [6.07, 6.45) is 0. The van der Waals surface area contributed by atoms with Crippen molar-refractivity contribution in [3.63, 3.8) is 0 Å². The Labute approximate surface area is 120 Å². The minimum absolute atomic E-state index is 0.209. The average Bonchev–Trinajstić information content (AvgIpc) is 2.84. The lowest BCUT2D eigenvalue weighted by atomic mass is 10.2. The molecule has 0 aliphatic heterocycles. The molecule has 106 valence electrons. The van der Waals surface area contributed by atoms with E-state index in [1.807, 2.05) is 19.2 Å². The maximum atomic E-state index is 11.9. The first-order chi connectivity index (χ1) is 9.45. The first-order valence-electron chi connectivity index (χ1n) is 6.26. The van der Waals surface area contributed by atoms with E-state index < -0.39 is 0 Å². The number of carbonyl (C=O) groups excluding carboxylic acids is 1. The van der Waals surface area contributed by atoms with Crippen LogP contribution in [-0.4, -0.2) is 20.9 Å². The second-order valence-electron chi connectivity index (χ2n) is 4.74. The summed E-state index contributed by atoms with van der Waals surface area (Å²) in [6.45, 7) is 5.96. The molecule has 2 aromatic rings. The highest BCUT2D eigenvalue weighted by Gasteiger charge is 2.12. The van der Waals surface area contributed by atoms with Gasteiger partial charge in [0.1, 0.15) is 5.82 Å². The van der Waals surface area contributed by atoms with E-state index in [-0.39, 0.29) is 18.0 Å². The zero-order valence-electron chi connectivity index (χ0n) is 11.6. The summed E-state index contributed by atoms with van der Waals surface area (Å²) in [6, 6.07) is 1.37. The van der Waals surface area contributed by atoms with Crippen molar-refractivity contribution in [3.05, 3.63) is 44.0 Å². The Balaban J connectivity index is 2.02. The number of aryl methyl sites for hydroxylation is 1. The van der Waals surface area contributed by atoms with Gasteiger partial charge in [0.05, 0.1) is 17.9 Å². The fourth-order valence-electron chi connectivity index (χ4n) is 1.63. The van der Waals surface area contributed by atoms with Crippen LogP contribution in [0.15, 0.2) is 16.2 Å². The molecule has 0 bridgehead atoms. The summed E-state index contributed by atoms with van der Waals surface area (Å²) in [7, 11) is 0. The van der Waals surface area contributed by atoms with Gasteiger partial charge in [0.2, 0.25) is 0 Å². The van der Waals surface area contributed by atoms with Crippen molar-refractivity contribution in [1.29, 1.82) is 0 Å². The number of amides is 1. The monoisotopic (exact) mass is 292 g/mol. The molecule has 2 N–H and O–H groups in total. The third kappa shape index (κ3) is 3.51. The fraction of sp³-hybridized carbons (Fsp3) is 0.385. The zero-order chi connectivity index (χ0) is 14.7. The molecule has 0 unspecified atom stereocenters. The molecule has 0 aliphatic rings. The van der Waals surface area contributed by atoms with Crippen LogP contribution in [0.3, 0.4) is 0 Å². The smallest absolute Gasteiger partial charge is 0.280 e. The highest BCUT2D eigenvalue weighted by Crippen LogP contribution is 2.17. The van der Waals surface area contributed by atoms with Crippen LogP contribution >= 0.6 is 11.3 Å². The van der Waals surface area contributed by atoms with Crippen LogP contribution in [0.1, 0.15) is 46.8 Å². The van der Waals surface area contributed by atoms with Gasteiger partial charge < -0.3 is 10.3 Å². The Hall–Kier alpha value is -2.02. The molecule has 0 radical (unpaired) electrons. The molecule has 0 fully saturated rings. The Morgan fingerprint density at radius 1 is 1.45 bits per heavy atom. The Bertz CT molecular complexity index is 675. The number of carbonyl (C=O) groups is 1. The van der Waals surface area contributed by atoms with Gasteiger partial charge in [0.15, 0.2) is 5.01 Å². The van der Waals surface area contributed by atoms with E-state index in [2.05, 4.69) is 20.3 Å². The van der Waals surface area contributed by atoms with Gasteiger partial charge in [-0.25, -0.2) is 9.97 Å². The van der Waals surface area contributed by atoms with E-state index in [0.717, 1.165) is 5.69 Å². The van der Waals surface area contributed by atoms with Crippen molar-refractivity contribution in [2.45, 2.75) is 33.2 Å². The Morgan fingerprint density at radius 2 is 2.20 bits per heavy atom. The van der Waals surface area contributed by atoms with Gasteiger partial charge in [0.25, 0.3) is 11.5 Å². The molecule has 0 aromatic carbocycles. The van der Waals surface area contributed by atoms with Crippen molar-refractivity contribution in [2.75, 3.05) is 0 Å². The Kier molecular flexibility index (Phi) is 4.29. The van der Waals surface area contributed by atoms with E-state index in [1.54, 1.807) is 6.92 Å². The largest absolute Gasteiger partial charge is 0.344 e. The number of hydrogen-bond donors (Lipinski definition) is 2. The van der Waals surface area contributed by atoms with Crippen LogP contribution in [0.4, 0.5) is 0 Å². The molecule has 0 atom stereocenters. The fourth-order valence-corrected chi connectivity index (χ4v) is 2.53. The molecule has 2 aromatic heterocycles. The molecule has 6 nitrogen and oxygen atoms in total. The van der Waals surface area contributed by atoms with E-state index in [0.29, 0.717) is 22.4 Å². The summed E-state index contributed by atoms with van der Waals surface area (Å²) in [5.74, 6) is 0.574. The van der Waals surface area contributed by atoms with Crippen molar-refractivity contribution in [3.8, 4) is 0 Å². The molecule has 0 saturated carbocycles. The second-order valence-corrected chi connectivity index (χ2v) is 5.60. The minimum atomic E-state index is -0.248. The van der Waals surface area contributed by atoms with Gasteiger partial charge in [-0.2, -0.15) is 0 Å². The van der Waals surface area contributed by atoms with Crippen molar-refractivity contribution < 1.29 is 4.79 Å². The van der Waals surface area contributed by atoms with E-state index in [1.165, 1.54) is 17.4 Å². The van der Waals surface area contributed by atoms with E-state index in [4.69, 9.17) is 0 Å². The highest BCUT2D eigenvalue weighted by molar-refractivity contribution is 7.11. The van der Waals surface area contributed by atoms with Gasteiger partial charge in [-0.3, -0.25) is 9.59 Å². The third-order valence-corrected chi connectivity index (χ3v) is 3.51. The lowest BCUT2D eigenvalue weighted by molar-refractivity contribution is 0.0950. The first-order valence-corrected chi connectivity index (χ1v) is 7.14. The van der Waals surface area contributed by atoms with Gasteiger partial charge in [-0.15, -0.1) is 11.3 Å².